The molecule has 48 heavy (non-hydrogen) atoms. The van der Waals surface area contributed by atoms with Gasteiger partial charge in [-0.15, -0.1) is 0 Å². The van der Waals surface area contributed by atoms with E-state index in [0.29, 0.717) is 12.8 Å². The monoisotopic (exact) mass is 684 g/mol. The Bertz CT molecular complexity index is 533. The third-order valence-corrected chi connectivity index (χ3v) is 9.30. The molecule has 5 heteroatoms. The maximum atomic E-state index is 10.3. The van der Waals surface area contributed by atoms with Crippen molar-refractivity contribution in [2.45, 2.75) is 258 Å². The lowest BCUT2D eigenvalue weighted by atomic mass is 10.0. The van der Waals surface area contributed by atoms with Crippen LogP contribution in [0.3, 0.4) is 0 Å². The van der Waals surface area contributed by atoms with Gasteiger partial charge in [0.05, 0.1) is 0 Å². The molecule has 0 radical (unpaired) electrons. The lowest BCUT2D eigenvalue weighted by molar-refractivity contribution is -0.138. The van der Waals surface area contributed by atoms with Crippen molar-refractivity contribution in [1.29, 1.82) is 0 Å². The molecule has 0 bridgehead atoms. The molecule has 290 valence electrons. The van der Waals surface area contributed by atoms with Crippen molar-refractivity contribution in [3.05, 3.63) is 0 Å². The lowest BCUT2D eigenvalue weighted by Gasteiger charge is -2.03. The van der Waals surface area contributed by atoms with E-state index in [2.05, 4.69) is 20.8 Å². The Morgan fingerprint density at radius 1 is 0.312 bits per heavy atom. The number of hydrogen-bond donors (Lipinski definition) is 3. The van der Waals surface area contributed by atoms with Crippen LogP contribution in [0.2, 0.25) is 0 Å². The molecule has 0 aliphatic rings. The molecule has 0 aromatic heterocycles. The van der Waals surface area contributed by atoms with Gasteiger partial charge in [-0.3, -0.25) is 9.59 Å². The zero-order chi connectivity index (χ0) is 36.0. The molecule has 0 aliphatic carbocycles. The van der Waals surface area contributed by atoms with Crippen molar-refractivity contribution in [2.75, 3.05) is 6.54 Å². The third-order valence-electron chi connectivity index (χ3n) is 9.30. The molecule has 0 aromatic carbocycles. The van der Waals surface area contributed by atoms with E-state index in [0.717, 1.165) is 32.2 Å². The Morgan fingerprint density at radius 3 is 0.646 bits per heavy atom. The highest BCUT2D eigenvalue weighted by Crippen LogP contribution is 2.15. The van der Waals surface area contributed by atoms with E-state index < -0.39 is 11.9 Å². The van der Waals surface area contributed by atoms with Gasteiger partial charge >= 0.3 is 11.9 Å². The number of carboxylic acids is 2. The molecule has 0 amide bonds. The minimum Gasteiger partial charge on any atom is -0.481 e. The number of carbonyl (C=O) groups is 2. The summed E-state index contributed by atoms with van der Waals surface area (Å²) in [7, 11) is 0. The molecule has 0 atom stereocenters. The van der Waals surface area contributed by atoms with Crippen LogP contribution in [0.4, 0.5) is 0 Å². The van der Waals surface area contributed by atoms with Crippen molar-refractivity contribution in [3.8, 4) is 0 Å². The molecule has 0 saturated carbocycles. The Kier molecular flexibility index (Phi) is 53.7. The maximum Gasteiger partial charge on any atom is 0.303 e. The van der Waals surface area contributed by atoms with E-state index in [-0.39, 0.29) is 0 Å². The first-order valence-corrected chi connectivity index (χ1v) is 21.6. The third kappa shape index (κ3) is 60.2. The Hall–Kier alpha value is -1.10. The summed E-state index contributed by atoms with van der Waals surface area (Å²) in [6, 6.07) is 0. The van der Waals surface area contributed by atoms with Gasteiger partial charge in [-0.25, -0.2) is 0 Å². The van der Waals surface area contributed by atoms with Crippen molar-refractivity contribution in [1.82, 2.24) is 0 Å². The second-order valence-electron chi connectivity index (χ2n) is 14.4. The van der Waals surface area contributed by atoms with Gasteiger partial charge in [0.25, 0.3) is 0 Å². The molecule has 0 aromatic rings. The summed E-state index contributed by atoms with van der Waals surface area (Å²) in [4.78, 5) is 20.7. The molecular weight excluding hydrogens is 594 g/mol. The molecule has 5 nitrogen and oxygen atoms in total. The van der Waals surface area contributed by atoms with Gasteiger partial charge in [-0.05, 0) is 25.8 Å². The van der Waals surface area contributed by atoms with Gasteiger partial charge in [0.2, 0.25) is 0 Å². The van der Waals surface area contributed by atoms with Crippen molar-refractivity contribution in [3.63, 3.8) is 0 Å². The summed E-state index contributed by atoms with van der Waals surface area (Å²) >= 11 is 0. The largest absolute Gasteiger partial charge is 0.481 e. The van der Waals surface area contributed by atoms with E-state index in [9.17, 15) is 9.59 Å². The average Bonchev–Trinajstić information content (AvgIpc) is 3.07. The highest BCUT2D eigenvalue weighted by atomic mass is 16.4. The van der Waals surface area contributed by atoms with Crippen LogP contribution in [-0.2, 0) is 9.59 Å². The van der Waals surface area contributed by atoms with E-state index >= 15 is 0 Å². The van der Waals surface area contributed by atoms with Crippen LogP contribution in [0.25, 0.3) is 0 Å². The first kappa shape index (κ1) is 51.3. The zero-order valence-electron chi connectivity index (χ0n) is 33.2. The topological polar surface area (TPSA) is 101 Å². The van der Waals surface area contributed by atoms with Crippen LogP contribution in [0.5, 0.6) is 0 Å². The van der Waals surface area contributed by atoms with Crippen LogP contribution < -0.4 is 5.73 Å². The van der Waals surface area contributed by atoms with Crippen molar-refractivity contribution < 1.29 is 19.8 Å². The fourth-order valence-electron chi connectivity index (χ4n) is 6.04. The van der Waals surface area contributed by atoms with Crippen LogP contribution in [0.15, 0.2) is 0 Å². The molecule has 0 fully saturated rings. The van der Waals surface area contributed by atoms with E-state index in [1.165, 1.54) is 199 Å². The van der Waals surface area contributed by atoms with Gasteiger partial charge in [0.15, 0.2) is 0 Å². The highest BCUT2D eigenvalue weighted by Gasteiger charge is 1.98. The van der Waals surface area contributed by atoms with Gasteiger partial charge in [-0.2, -0.15) is 0 Å². The Labute approximate surface area is 301 Å². The molecular formula is C43H89NO4. The van der Waals surface area contributed by atoms with Crippen molar-refractivity contribution in [2.24, 2.45) is 5.73 Å². The standard InChI is InChI=1S/2C18H36O2.C7H17N/c2*1-2-3-4-5-6-7-8-9-10-11-12-13-14-15-16-17-18(19)20;1-2-3-4-5-6-7-8/h2*2-17H2,1H3,(H,19,20);2-8H2,1H3. The minimum atomic E-state index is -0.653. The zero-order valence-corrected chi connectivity index (χ0v) is 33.2. The lowest BCUT2D eigenvalue weighted by Crippen LogP contribution is -1.97. The molecule has 0 saturated heterocycles. The number of rotatable bonds is 37. The summed E-state index contributed by atoms with van der Waals surface area (Å²) in [6.07, 6.45) is 47.0. The molecule has 0 unspecified atom stereocenters. The smallest absolute Gasteiger partial charge is 0.303 e. The second-order valence-corrected chi connectivity index (χ2v) is 14.4. The molecule has 0 aliphatic heterocycles. The maximum absolute atomic E-state index is 10.3. The quantitative estimate of drug-likeness (QED) is 0.0566. The predicted octanol–water partition coefficient (Wildman–Crippen LogP) is 14.6. The second kappa shape index (κ2) is 50.3. The summed E-state index contributed by atoms with van der Waals surface area (Å²) < 4.78 is 0. The van der Waals surface area contributed by atoms with Gasteiger partial charge in [-0.1, -0.05) is 226 Å². The van der Waals surface area contributed by atoms with Crippen molar-refractivity contribution >= 4 is 11.9 Å². The molecule has 0 rings (SSSR count). The van der Waals surface area contributed by atoms with Gasteiger partial charge in [0.1, 0.15) is 0 Å². The SMILES string of the molecule is CCCCCCCCCCCCCCCCCC(=O)O.CCCCCCCCCCCCCCCCCC(=O)O.CCCCCCCN. The average molecular weight is 684 g/mol. The first-order chi connectivity index (χ1) is 23.5. The number of carboxylic acid groups (broad SMARTS) is 2. The Morgan fingerprint density at radius 2 is 0.479 bits per heavy atom. The number of aliphatic carboxylic acids is 2. The fourth-order valence-corrected chi connectivity index (χ4v) is 6.04. The van der Waals surface area contributed by atoms with Crippen LogP contribution in [-0.4, -0.2) is 28.7 Å². The normalized spacial score (nSPS) is 10.7. The minimum absolute atomic E-state index is 0.345. The van der Waals surface area contributed by atoms with E-state index in [4.69, 9.17) is 15.9 Å². The highest BCUT2D eigenvalue weighted by molar-refractivity contribution is 5.66. The number of unbranched alkanes of at least 4 members (excludes halogenated alkanes) is 32. The first-order valence-electron chi connectivity index (χ1n) is 21.6. The summed E-state index contributed by atoms with van der Waals surface area (Å²) in [6.45, 7) is 7.63. The number of hydrogen-bond acceptors (Lipinski definition) is 3. The van der Waals surface area contributed by atoms with Gasteiger partial charge < -0.3 is 15.9 Å². The summed E-state index contributed by atoms with van der Waals surface area (Å²) in [5.41, 5.74) is 5.31. The molecule has 0 spiro atoms. The Balaban J connectivity index is -0.000000689. The van der Waals surface area contributed by atoms with E-state index in [1.54, 1.807) is 0 Å². The van der Waals surface area contributed by atoms with Gasteiger partial charge in [0, 0.05) is 12.8 Å². The summed E-state index contributed by atoms with van der Waals surface area (Å²) in [5.74, 6) is -1.31. The molecule has 0 heterocycles. The fraction of sp³-hybridized carbons (Fsp3) is 0.953. The van der Waals surface area contributed by atoms with Crippen LogP contribution in [0, 0.1) is 0 Å². The number of nitrogens with two attached hydrogens (primary N) is 1. The van der Waals surface area contributed by atoms with E-state index in [1.807, 2.05) is 0 Å². The molecule has 4 N–H and O–H groups in total. The van der Waals surface area contributed by atoms with Crippen LogP contribution in [0.1, 0.15) is 258 Å². The predicted molar refractivity (Wildman–Crippen MR) is 212 cm³/mol. The summed E-state index contributed by atoms with van der Waals surface area (Å²) in [5, 5.41) is 17.0. The van der Waals surface area contributed by atoms with Crippen LogP contribution >= 0.6 is 0 Å².